The lowest BCUT2D eigenvalue weighted by molar-refractivity contribution is -0.144. The molecule has 0 saturated carbocycles. The Labute approximate surface area is 170 Å². The van der Waals surface area contributed by atoms with Crippen molar-refractivity contribution < 1.29 is 23.9 Å². The number of halogens is 1. The molecule has 1 aromatic carbocycles. The highest BCUT2D eigenvalue weighted by molar-refractivity contribution is 6.34. The number of hydrogen-bond donors (Lipinski definition) is 3. The summed E-state index contributed by atoms with van der Waals surface area (Å²) in [5, 5.41) is 16.2. The second kappa shape index (κ2) is 9.86. The fraction of sp³-hybridized carbons (Fsp3) is 0.176. The van der Waals surface area contributed by atoms with E-state index in [1.165, 1.54) is 38.6 Å². The summed E-state index contributed by atoms with van der Waals surface area (Å²) in [5.41, 5.74) is 0.523. The van der Waals surface area contributed by atoms with Gasteiger partial charge in [0, 0.05) is 13.0 Å². The average Bonchev–Trinajstić information content (AvgIpc) is 2.69. The summed E-state index contributed by atoms with van der Waals surface area (Å²) in [6, 6.07) is 3.91. The van der Waals surface area contributed by atoms with Crippen LogP contribution >= 0.6 is 11.6 Å². The number of nitrogens with one attached hydrogen (secondary N) is 3. The third-order valence-electron chi connectivity index (χ3n) is 3.23. The normalized spacial score (nSPS) is 9.72. The summed E-state index contributed by atoms with van der Waals surface area (Å²) >= 11 is 6.14. The second-order valence-electron chi connectivity index (χ2n) is 5.34. The van der Waals surface area contributed by atoms with Crippen LogP contribution < -0.4 is 20.7 Å². The van der Waals surface area contributed by atoms with Crippen molar-refractivity contribution in [1.29, 1.82) is 5.26 Å². The first-order chi connectivity index (χ1) is 13.8. The van der Waals surface area contributed by atoms with E-state index in [4.69, 9.17) is 21.6 Å². The zero-order valence-corrected chi connectivity index (χ0v) is 16.0. The molecular weight excluding hydrogens is 404 g/mol. The molecule has 0 spiro atoms. The van der Waals surface area contributed by atoms with Crippen molar-refractivity contribution >= 4 is 46.7 Å². The van der Waals surface area contributed by atoms with Gasteiger partial charge in [-0.3, -0.25) is 14.9 Å². The number of benzene rings is 1. The maximum absolute atomic E-state index is 12.2. The number of carbonyl (C=O) groups is 3. The number of amides is 3. The number of esters is 1. The van der Waals surface area contributed by atoms with Crippen LogP contribution in [0.15, 0.2) is 24.5 Å². The molecule has 1 aromatic heterocycles. The van der Waals surface area contributed by atoms with Crippen molar-refractivity contribution in [3.8, 4) is 11.8 Å². The molecule has 0 aliphatic rings. The lowest BCUT2D eigenvalue weighted by Gasteiger charge is -2.14. The molecule has 0 unspecified atom stereocenters. The smallest absolute Gasteiger partial charge is 0.325 e. The summed E-state index contributed by atoms with van der Waals surface area (Å²) < 4.78 is 9.80. The highest BCUT2D eigenvalue weighted by atomic mass is 35.5. The molecule has 2 rings (SSSR count). The SMILES string of the molecule is COc1cc(NC(=O)COC(C)=O)c(Cl)cc1NC(=O)Nc1cnc(C#N)cn1. The van der Waals surface area contributed by atoms with E-state index in [2.05, 4.69) is 30.7 Å². The van der Waals surface area contributed by atoms with Crippen molar-refractivity contribution in [1.82, 2.24) is 9.97 Å². The first-order valence-corrected chi connectivity index (χ1v) is 8.31. The molecule has 0 aliphatic carbocycles. The molecule has 0 saturated heterocycles. The van der Waals surface area contributed by atoms with Crippen molar-refractivity contribution in [2.75, 3.05) is 29.7 Å². The minimum Gasteiger partial charge on any atom is -0.494 e. The molecule has 0 fully saturated rings. The van der Waals surface area contributed by atoms with Crippen molar-refractivity contribution in [3.05, 3.63) is 35.2 Å². The number of carbonyl (C=O) groups excluding carboxylic acids is 3. The Bertz CT molecular complexity index is 974. The van der Waals surface area contributed by atoms with Crippen LogP contribution in [0.3, 0.4) is 0 Å². The predicted octanol–water partition coefficient (Wildman–Crippen LogP) is 2.16. The first kappa shape index (κ1) is 21.4. The van der Waals surface area contributed by atoms with Crippen LogP contribution in [0.4, 0.5) is 22.0 Å². The van der Waals surface area contributed by atoms with E-state index >= 15 is 0 Å². The fourth-order valence-corrected chi connectivity index (χ4v) is 2.20. The predicted molar refractivity (Wildman–Crippen MR) is 103 cm³/mol. The van der Waals surface area contributed by atoms with Gasteiger partial charge >= 0.3 is 12.0 Å². The van der Waals surface area contributed by atoms with Crippen LogP contribution in [-0.4, -0.2) is 41.6 Å². The van der Waals surface area contributed by atoms with E-state index in [0.717, 1.165) is 0 Å². The number of hydrogen-bond acceptors (Lipinski definition) is 8. The van der Waals surface area contributed by atoms with Crippen molar-refractivity contribution in [2.45, 2.75) is 6.92 Å². The van der Waals surface area contributed by atoms with Gasteiger partial charge in [0.1, 0.15) is 11.8 Å². The maximum Gasteiger partial charge on any atom is 0.325 e. The average molecular weight is 419 g/mol. The lowest BCUT2D eigenvalue weighted by atomic mass is 10.2. The molecule has 2 aromatic rings. The highest BCUT2D eigenvalue weighted by Crippen LogP contribution is 2.34. The quantitative estimate of drug-likeness (QED) is 0.602. The summed E-state index contributed by atoms with van der Waals surface area (Å²) in [7, 11) is 1.36. The van der Waals surface area contributed by atoms with E-state index in [-0.39, 0.29) is 33.7 Å². The third-order valence-corrected chi connectivity index (χ3v) is 3.54. The van der Waals surface area contributed by atoms with Gasteiger partial charge in [0.2, 0.25) is 0 Å². The van der Waals surface area contributed by atoms with Crippen LogP contribution in [0.2, 0.25) is 5.02 Å². The number of urea groups is 1. The largest absolute Gasteiger partial charge is 0.494 e. The third kappa shape index (κ3) is 6.33. The molecule has 11 nitrogen and oxygen atoms in total. The minimum atomic E-state index is -0.662. The standard InChI is InChI=1S/C17H15ClN6O5/c1-9(25)29-8-16(26)22-12-4-14(28-2)13(3-11(12)18)23-17(27)24-15-7-20-10(5-19)6-21-15/h3-4,6-7H,8H2,1-2H3,(H,22,26)(H2,21,23,24,27). The Hall–Kier alpha value is -3.91. The second-order valence-corrected chi connectivity index (χ2v) is 5.75. The number of ether oxygens (including phenoxy) is 2. The Morgan fingerprint density at radius 3 is 2.48 bits per heavy atom. The van der Waals surface area contributed by atoms with Gasteiger partial charge in [-0.2, -0.15) is 5.26 Å². The van der Waals surface area contributed by atoms with Crippen molar-refractivity contribution in [3.63, 3.8) is 0 Å². The molecule has 0 bridgehead atoms. The molecule has 29 heavy (non-hydrogen) atoms. The van der Waals surface area contributed by atoms with Gasteiger partial charge in [-0.05, 0) is 6.07 Å². The first-order valence-electron chi connectivity index (χ1n) is 7.93. The summed E-state index contributed by atoms with van der Waals surface area (Å²) in [6.45, 7) is 0.709. The summed E-state index contributed by atoms with van der Waals surface area (Å²) in [4.78, 5) is 42.4. The number of anilines is 3. The summed E-state index contributed by atoms with van der Waals surface area (Å²) in [6.07, 6.45) is 2.43. The van der Waals surface area contributed by atoms with Gasteiger partial charge in [-0.15, -0.1) is 0 Å². The van der Waals surface area contributed by atoms with Gasteiger partial charge in [0.25, 0.3) is 5.91 Å². The van der Waals surface area contributed by atoms with Crippen LogP contribution in [0.25, 0.3) is 0 Å². The van der Waals surface area contributed by atoms with Crippen LogP contribution in [0.5, 0.6) is 5.75 Å². The topological polar surface area (TPSA) is 155 Å². The van der Waals surface area contributed by atoms with Crippen molar-refractivity contribution in [2.24, 2.45) is 0 Å². The Kier molecular flexibility index (Phi) is 7.27. The minimum absolute atomic E-state index is 0.107. The number of nitriles is 1. The molecule has 150 valence electrons. The van der Waals surface area contributed by atoms with E-state index in [0.29, 0.717) is 0 Å². The molecule has 0 aliphatic heterocycles. The molecule has 12 heteroatoms. The molecule has 1 heterocycles. The van der Waals surface area contributed by atoms with Gasteiger partial charge < -0.3 is 20.1 Å². The van der Waals surface area contributed by atoms with Crippen LogP contribution in [0, 0.1) is 11.3 Å². The molecular formula is C17H15ClN6O5. The highest BCUT2D eigenvalue weighted by Gasteiger charge is 2.15. The van der Waals surface area contributed by atoms with E-state index < -0.39 is 24.5 Å². The number of rotatable bonds is 6. The fourth-order valence-electron chi connectivity index (χ4n) is 1.99. The Morgan fingerprint density at radius 2 is 1.90 bits per heavy atom. The number of aromatic nitrogens is 2. The van der Waals surface area contributed by atoms with Gasteiger partial charge in [-0.1, -0.05) is 11.6 Å². The summed E-state index contributed by atoms with van der Waals surface area (Å²) in [5.74, 6) is -0.859. The van der Waals surface area contributed by atoms with Crippen LogP contribution in [-0.2, 0) is 14.3 Å². The van der Waals surface area contributed by atoms with E-state index in [1.54, 1.807) is 0 Å². The van der Waals surface area contributed by atoms with Gasteiger partial charge in [-0.25, -0.2) is 14.8 Å². The molecule has 0 radical (unpaired) electrons. The number of methoxy groups -OCH3 is 1. The molecule has 3 N–H and O–H groups in total. The Balaban J connectivity index is 2.09. The maximum atomic E-state index is 12.2. The van der Waals surface area contributed by atoms with Crippen LogP contribution in [0.1, 0.15) is 12.6 Å². The van der Waals surface area contributed by atoms with Gasteiger partial charge in [0.15, 0.2) is 18.1 Å². The van der Waals surface area contributed by atoms with E-state index in [9.17, 15) is 14.4 Å². The van der Waals surface area contributed by atoms with E-state index in [1.807, 2.05) is 6.07 Å². The molecule has 3 amide bonds. The number of nitrogens with zero attached hydrogens (tertiary/aromatic N) is 3. The lowest BCUT2D eigenvalue weighted by Crippen LogP contribution is -2.21. The Morgan fingerprint density at radius 1 is 1.14 bits per heavy atom. The zero-order chi connectivity index (χ0) is 21.4. The zero-order valence-electron chi connectivity index (χ0n) is 15.3. The molecule has 0 atom stereocenters. The monoisotopic (exact) mass is 418 g/mol. The van der Waals surface area contributed by atoms with Gasteiger partial charge in [0.05, 0.1) is 35.9 Å².